The number of ether oxygens (including phenoxy) is 3. The van der Waals surface area contributed by atoms with Crippen LogP contribution < -0.4 is 20.1 Å². The largest absolute Gasteiger partial charge is 0.497 e. The Balaban J connectivity index is 2.19. The van der Waals surface area contributed by atoms with Crippen LogP contribution in [0, 0.1) is 0 Å². The molecule has 0 radical (unpaired) electrons. The summed E-state index contributed by atoms with van der Waals surface area (Å²) in [5.41, 5.74) is 2.03. The molecule has 1 atom stereocenters. The maximum Gasteiger partial charge on any atom is 0.338 e. The summed E-state index contributed by atoms with van der Waals surface area (Å²) in [7, 11) is 1.58. The van der Waals surface area contributed by atoms with Gasteiger partial charge in [0.15, 0.2) is 0 Å². The maximum absolute atomic E-state index is 13.2. The zero-order valence-electron chi connectivity index (χ0n) is 18.4. The van der Waals surface area contributed by atoms with E-state index < -0.39 is 18.0 Å². The van der Waals surface area contributed by atoms with Gasteiger partial charge in [-0.1, -0.05) is 18.2 Å². The van der Waals surface area contributed by atoms with Crippen molar-refractivity contribution in [2.75, 3.05) is 7.11 Å². The molecule has 1 aliphatic heterocycles. The molecule has 0 bridgehead atoms. The molecule has 164 valence electrons. The molecule has 2 N–H and O–H groups in total. The second kappa shape index (κ2) is 9.55. The quantitative estimate of drug-likeness (QED) is 0.651. The molecule has 0 aromatic heterocycles. The zero-order valence-corrected chi connectivity index (χ0v) is 18.4. The lowest BCUT2D eigenvalue weighted by Gasteiger charge is -2.31. The third-order valence-electron chi connectivity index (χ3n) is 4.61. The number of benzene rings is 2. The average molecular weight is 424 g/mol. The van der Waals surface area contributed by atoms with Crippen LogP contribution >= 0.6 is 0 Å². The highest BCUT2D eigenvalue weighted by Gasteiger charge is 2.36. The Morgan fingerprint density at radius 1 is 0.968 bits per heavy atom. The van der Waals surface area contributed by atoms with Crippen LogP contribution in [-0.4, -0.2) is 31.3 Å². The highest BCUT2D eigenvalue weighted by molar-refractivity contribution is 6.04. The smallest absolute Gasteiger partial charge is 0.338 e. The van der Waals surface area contributed by atoms with Crippen molar-refractivity contribution >= 4 is 17.7 Å². The molecule has 0 saturated carbocycles. The van der Waals surface area contributed by atoms with Crippen LogP contribution in [0.3, 0.4) is 0 Å². The third kappa shape index (κ3) is 5.17. The Labute approximate surface area is 182 Å². The number of amides is 2. The van der Waals surface area contributed by atoms with Crippen LogP contribution in [0.5, 0.6) is 11.5 Å². The van der Waals surface area contributed by atoms with Gasteiger partial charge in [0.05, 0.1) is 36.6 Å². The highest BCUT2D eigenvalue weighted by Crippen LogP contribution is 2.37. The summed E-state index contributed by atoms with van der Waals surface area (Å²) in [4.78, 5) is 25.8. The van der Waals surface area contributed by atoms with Gasteiger partial charge in [-0.3, -0.25) is 0 Å². The molecule has 1 heterocycles. The average Bonchev–Trinajstić information content (AvgIpc) is 2.72. The van der Waals surface area contributed by atoms with E-state index in [4.69, 9.17) is 14.2 Å². The van der Waals surface area contributed by atoms with Gasteiger partial charge in [0.25, 0.3) is 0 Å². The van der Waals surface area contributed by atoms with E-state index in [1.54, 1.807) is 45.2 Å². The maximum atomic E-state index is 13.2. The molecule has 1 aliphatic rings. The number of para-hydroxylation sites is 1. The summed E-state index contributed by atoms with van der Waals surface area (Å²) >= 11 is 0. The number of methoxy groups -OCH3 is 1. The van der Waals surface area contributed by atoms with Gasteiger partial charge in [-0.15, -0.1) is 0 Å². The Bertz CT molecular complexity index is 980. The number of hydrogen-bond acceptors (Lipinski definition) is 5. The van der Waals surface area contributed by atoms with E-state index in [0.29, 0.717) is 33.9 Å². The first-order valence-electron chi connectivity index (χ1n) is 10.2. The number of nitrogens with one attached hydrogen (secondary N) is 2. The van der Waals surface area contributed by atoms with Crippen LogP contribution in [0.25, 0.3) is 5.70 Å². The summed E-state index contributed by atoms with van der Waals surface area (Å²) < 4.78 is 16.7. The molecule has 1 unspecified atom stereocenters. The first kappa shape index (κ1) is 22.2. The second-order valence-electron chi connectivity index (χ2n) is 7.71. The van der Waals surface area contributed by atoms with Crippen LogP contribution in [0.4, 0.5) is 4.79 Å². The van der Waals surface area contributed by atoms with Gasteiger partial charge in [0.2, 0.25) is 0 Å². The van der Waals surface area contributed by atoms with Gasteiger partial charge in [0, 0.05) is 5.56 Å². The van der Waals surface area contributed by atoms with E-state index in [0.717, 1.165) is 0 Å². The minimum Gasteiger partial charge on any atom is -0.497 e. The van der Waals surface area contributed by atoms with Crippen molar-refractivity contribution in [3.05, 3.63) is 65.2 Å². The molecule has 0 aliphatic carbocycles. The lowest BCUT2D eigenvalue weighted by molar-refractivity contribution is -0.143. The summed E-state index contributed by atoms with van der Waals surface area (Å²) in [5, 5.41) is 5.64. The fraction of sp³-hybridized carbons (Fsp3) is 0.333. The number of rotatable bonds is 7. The number of urea groups is 1. The summed E-state index contributed by atoms with van der Waals surface area (Å²) in [6.45, 7) is 7.41. The van der Waals surface area contributed by atoms with E-state index in [9.17, 15) is 9.59 Å². The van der Waals surface area contributed by atoms with Crippen LogP contribution in [0.15, 0.2) is 54.1 Å². The van der Waals surface area contributed by atoms with Crippen LogP contribution in [-0.2, 0) is 9.53 Å². The highest BCUT2D eigenvalue weighted by atomic mass is 16.5. The Hall–Kier alpha value is -3.48. The SMILES string of the molecule is COc1ccc(C2=C(C(=O)OC(C)C)C(c3ccccc3OC(C)C)NC(=O)N2)cc1. The minimum atomic E-state index is -0.743. The van der Waals surface area contributed by atoms with Gasteiger partial charge >= 0.3 is 12.0 Å². The fourth-order valence-electron chi connectivity index (χ4n) is 3.36. The Morgan fingerprint density at radius 2 is 1.65 bits per heavy atom. The Kier molecular flexibility index (Phi) is 6.84. The van der Waals surface area contributed by atoms with E-state index in [1.807, 2.05) is 38.1 Å². The summed E-state index contributed by atoms with van der Waals surface area (Å²) in [6.07, 6.45) is -0.396. The van der Waals surface area contributed by atoms with Crippen molar-refractivity contribution in [2.24, 2.45) is 0 Å². The van der Waals surface area contributed by atoms with Gasteiger partial charge in [-0.2, -0.15) is 0 Å². The van der Waals surface area contributed by atoms with E-state index in [2.05, 4.69) is 10.6 Å². The van der Waals surface area contributed by atoms with Gasteiger partial charge in [0.1, 0.15) is 11.5 Å². The van der Waals surface area contributed by atoms with E-state index in [-0.39, 0.29) is 12.2 Å². The molecule has 2 amide bonds. The molecule has 0 fully saturated rings. The van der Waals surface area contributed by atoms with E-state index >= 15 is 0 Å². The summed E-state index contributed by atoms with van der Waals surface area (Å²) in [6, 6.07) is 13.3. The molecule has 3 rings (SSSR count). The molecule has 7 nitrogen and oxygen atoms in total. The normalized spacial score (nSPS) is 16.1. The van der Waals surface area contributed by atoms with Gasteiger partial charge in [-0.05, 0) is 63.6 Å². The minimum absolute atomic E-state index is 0.0744. The molecule has 7 heteroatoms. The first-order valence-corrected chi connectivity index (χ1v) is 10.2. The molecular weight excluding hydrogens is 396 g/mol. The van der Waals surface area contributed by atoms with Crippen molar-refractivity contribution in [3.63, 3.8) is 0 Å². The fourth-order valence-corrected chi connectivity index (χ4v) is 3.36. The second-order valence-corrected chi connectivity index (χ2v) is 7.71. The topological polar surface area (TPSA) is 85.9 Å². The van der Waals surface area contributed by atoms with E-state index in [1.165, 1.54) is 0 Å². The van der Waals surface area contributed by atoms with Crippen molar-refractivity contribution in [1.29, 1.82) is 0 Å². The van der Waals surface area contributed by atoms with Crippen molar-refractivity contribution in [3.8, 4) is 11.5 Å². The molecule has 2 aromatic carbocycles. The van der Waals surface area contributed by atoms with Crippen molar-refractivity contribution in [1.82, 2.24) is 10.6 Å². The molecule has 0 spiro atoms. The standard InChI is InChI=1S/C24H28N2O5/c1-14(2)30-19-9-7-6-8-18(19)22-20(23(27)31-15(3)4)21(25-24(28)26-22)16-10-12-17(29-5)13-11-16/h6-15,22H,1-5H3,(H2,25,26,28). The van der Waals surface area contributed by atoms with Crippen LogP contribution in [0.2, 0.25) is 0 Å². The third-order valence-corrected chi connectivity index (χ3v) is 4.61. The molecular formula is C24H28N2O5. The summed E-state index contributed by atoms with van der Waals surface area (Å²) in [5.74, 6) is 0.745. The van der Waals surface area contributed by atoms with Crippen molar-refractivity contribution in [2.45, 2.75) is 45.9 Å². The van der Waals surface area contributed by atoms with Crippen molar-refractivity contribution < 1.29 is 23.8 Å². The number of carbonyl (C=O) groups excluding carboxylic acids is 2. The van der Waals surface area contributed by atoms with Gasteiger partial charge in [-0.25, -0.2) is 9.59 Å². The molecule has 0 saturated heterocycles. The number of esters is 1. The number of carbonyl (C=O) groups is 2. The molecule has 31 heavy (non-hydrogen) atoms. The monoisotopic (exact) mass is 424 g/mol. The van der Waals surface area contributed by atoms with Crippen LogP contribution in [0.1, 0.15) is 44.9 Å². The lowest BCUT2D eigenvalue weighted by Crippen LogP contribution is -2.45. The molecule has 2 aromatic rings. The van der Waals surface area contributed by atoms with Gasteiger partial charge < -0.3 is 24.8 Å². The number of hydrogen-bond donors (Lipinski definition) is 2. The predicted molar refractivity (Wildman–Crippen MR) is 118 cm³/mol. The first-order chi connectivity index (χ1) is 14.8. The zero-order chi connectivity index (χ0) is 22.5. The Morgan fingerprint density at radius 3 is 2.26 bits per heavy atom. The predicted octanol–water partition coefficient (Wildman–Crippen LogP) is 4.20. The lowest BCUT2D eigenvalue weighted by atomic mass is 9.92.